The number of allylic oxidation sites excluding steroid dienone is 1. The molecule has 0 saturated heterocycles. The first-order valence-corrected chi connectivity index (χ1v) is 12.1. The summed E-state index contributed by atoms with van der Waals surface area (Å²) >= 11 is 1.45. The summed E-state index contributed by atoms with van der Waals surface area (Å²) in [4.78, 5) is 10.9. The van der Waals surface area contributed by atoms with Gasteiger partial charge in [0.2, 0.25) is 0 Å². The Hall–Kier alpha value is -4.29. The van der Waals surface area contributed by atoms with E-state index in [2.05, 4.69) is 81.5 Å². The van der Waals surface area contributed by atoms with Crippen LogP contribution in [-0.4, -0.2) is 25.6 Å². The number of aromatic amines is 1. The molecule has 0 amide bonds. The van der Waals surface area contributed by atoms with Crippen molar-refractivity contribution in [3.05, 3.63) is 113 Å². The number of hydrogen-bond donors (Lipinski definition) is 2. The van der Waals surface area contributed by atoms with E-state index < -0.39 is 5.97 Å². The largest absolute Gasteiger partial charge is 0.478 e. The summed E-state index contributed by atoms with van der Waals surface area (Å²) in [5, 5.41) is 19.2. The van der Waals surface area contributed by atoms with Crippen LogP contribution in [0.3, 0.4) is 0 Å². The fourth-order valence-corrected chi connectivity index (χ4v) is 4.82. The molecule has 5 aromatic rings. The third-order valence-corrected chi connectivity index (χ3v) is 6.59. The van der Waals surface area contributed by atoms with Crippen LogP contribution in [0.25, 0.3) is 39.3 Å². The minimum absolute atomic E-state index is 0.840. The molecule has 0 aliphatic heterocycles. The Bertz CT molecular complexity index is 1530. The van der Waals surface area contributed by atoms with Crippen LogP contribution in [0.5, 0.6) is 0 Å². The summed E-state index contributed by atoms with van der Waals surface area (Å²) in [6.07, 6.45) is 7.33. The lowest BCUT2D eigenvalue weighted by Gasteiger charge is -2.17. The molecule has 6 heteroatoms. The minimum Gasteiger partial charge on any atom is -0.478 e. The van der Waals surface area contributed by atoms with Gasteiger partial charge < -0.3 is 5.11 Å². The maximum atomic E-state index is 10.9. The molecule has 172 valence electrons. The highest BCUT2D eigenvalue weighted by atomic mass is 32.1. The zero-order chi connectivity index (χ0) is 24.2. The zero-order valence-corrected chi connectivity index (χ0v) is 19.9. The Morgan fingerprint density at radius 2 is 1.69 bits per heavy atom. The van der Waals surface area contributed by atoms with E-state index in [1.54, 1.807) is 6.08 Å². The van der Waals surface area contributed by atoms with Crippen molar-refractivity contribution in [2.24, 2.45) is 0 Å². The van der Waals surface area contributed by atoms with Crippen LogP contribution in [0.1, 0.15) is 35.6 Å². The molecule has 0 spiro atoms. The molecule has 2 heterocycles. The Labute approximate surface area is 207 Å². The molecule has 0 aliphatic rings. The third-order valence-electron chi connectivity index (χ3n) is 6.00. The predicted molar refractivity (Wildman–Crippen MR) is 143 cm³/mol. The number of fused-ring (bicyclic) bond motifs is 1. The molecule has 5 nitrogen and oxygen atoms in total. The molecule has 0 atom stereocenters. The van der Waals surface area contributed by atoms with E-state index >= 15 is 0 Å². The van der Waals surface area contributed by atoms with Crippen molar-refractivity contribution in [2.45, 2.75) is 13.3 Å². The van der Waals surface area contributed by atoms with Crippen LogP contribution >= 0.6 is 11.5 Å². The second-order valence-electron chi connectivity index (χ2n) is 8.16. The Balaban J connectivity index is 1.64. The van der Waals surface area contributed by atoms with Crippen molar-refractivity contribution in [1.29, 1.82) is 0 Å². The molecular weight excluding hydrogens is 454 g/mol. The standard InChI is InChI=1S/C29H23N3O2S/c1-2-26(21-10-8-20(9-11-21)25-17-31-35-18-25)29(23-12-13-27-24(15-23)16-30-32-27)22-6-3-19(4-7-22)5-14-28(33)34/h3-18H,2H2,1H3,(H,30,32)(H,33,34)/b14-5+,29-26+. The number of benzene rings is 3. The number of nitrogens with zero attached hydrogens (tertiary/aromatic N) is 2. The van der Waals surface area contributed by atoms with Gasteiger partial charge in [0.15, 0.2) is 0 Å². The topological polar surface area (TPSA) is 78.9 Å². The average molecular weight is 478 g/mol. The van der Waals surface area contributed by atoms with E-state index in [0.717, 1.165) is 62.4 Å². The fourth-order valence-electron chi connectivity index (χ4n) is 4.28. The molecule has 0 saturated carbocycles. The number of H-pyrrole nitrogens is 1. The SMILES string of the molecule is CC/C(=C(/c1ccc(/C=C/C(=O)O)cc1)c1ccc2[nH]ncc2c1)c1ccc(-c2cnsc2)cc1. The van der Waals surface area contributed by atoms with Crippen LogP contribution < -0.4 is 0 Å². The van der Waals surface area contributed by atoms with Gasteiger partial charge in [-0.05, 0) is 75.1 Å². The minimum atomic E-state index is -0.960. The summed E-state index contributed by atoms with van der Waals surface area (Å²) in [6.45, 7) is 2.17. The molecular formula is C29H23N3O2S. The number of aliphatic carboxylic acids is 1. The maximum Gasteiger partial charge on any atom is 0.328 e. The van der Waals surface area contributed by atoms with Crippen molar-refractivity contribution in [3.8, 4) is 11.1 Å². The van der Waals surface area contributed by atoms with Crippen molar-refractivity contribution < 1.29 is 9.90 Å². The van der Waals surface area contributed by atoms with E-state index in [9.17, 15) is 4.79 Å². The smallest absolute Gasteiger partial charge is 0.328 e. The van der Waals surface area contributed by atoms with Crippen molar-refractivity contribution in [3.63, 3.8) is 0 Å². The van der Waals surface area contributed by atoms with Crippen molar-refractivity contribution >= 4 is 45.6 Å². The van der Waals surface area contributed by atoms with Gasteiger partial charge in [-0.15, -0.1) is 0 Å². The predicted octanol–water partition coefficient (Wildman–Crippen LogP) is 7.15. The Kier molecular flexibility index (Phi) is 6.37. The van der Waals surface area contributed by atoms with Crippen LogP contribution in [0.2, 0.25) is 0 Å². The van der Waals surface area contributed by atoms with Gasteiger partial charge in [0.25, 0.3) is 0 Å². The van der Waals surface area contributed by atoms with E-state index in [4.69, 9.17) is 5.11 Å². The first-order valence-electron chi connectivity index (χ1n) is 11.3. The molecule has 5 rings (SSSR count). The van der Waals surface area contributed by atoms with Crippen molar-refractivity contribution in [2.75, 3.05) is 0 Å². The number of carbonyl (C=O) groups is 1. The highest BCUT2D eigenvalue weighted by Gasteiger charge is 2.14. The van der Waals surface area contributed by atoms with Crippen molar-refractivity contribution in [1.82, 2.24) is 14.6 Å². The van der Waals surface area contributed by atoms with E-state index in [1.165, 1.54) is 17.1 Å². The lowest BCUT2D eigenvalue weighted by atomic mass is 9.87. The van der Waals surface area contributed by atoms with Gasteiger partial charge in [-0.25, -0.2) is 9.17 Å². The summed E-state index contributed by atoms with van der Waals surface area (Å²) in [5.41, 5.74) is 9.83. The summed E-state index contributed by atoms with van der Waals surface area (Å²) < 4.78 is 4.22. The lowest BCUT2D eigenvalue weighted by molar-refractivity contribution is -0.131. The highest BCUT2D eigenvalue weighted by Crippen LogP contribution is 2.36. The summed E-state index contributed by atoms with van der Waals surface area (Å²) in [5.74, 6) is -0.960. The van der Waals surface area contributed by atoms with Crippen LogP contribution in [0, 0.1) is 0 Å². The van der Waals surface area contributed by atoms with E-state index in [1.807, 2.05) is 24.5 Å². The third kappa shape index (κ3) is 4.83. The molecule has 0 aliphatic carbocycles. The average Bonchev–Trinajstić information content (AvgIpc) is 3.59. The van der Waals surface area contributed by atoms with Gasteiger partial charge in [0.05, 0.1) is 11.7 Å². The summed E-state index contributed by atoms with van der Waals surface area (Å²) in [6, 6.07) is 23.0. The molecule has 3 aromatic carbocycles. The van der Waals surface area contributed by atoms with Gasteiger partial charge in [-0.2, -0.15) is 5.10 Å². The number of nitrogens with one attached hydrogen (secondary N) is 1. The van der Waals surface area contributed by atoms with Crippen LogP contribution in [0.4, 0.5) is 0 Å². The van der Waals surface area contributed by atoms with Gasteiger partial charge in [-0.1, -0.05) is 61.5 Å². The fraction of sp³-hybridized carbons (Fsp3) is 0.0690. The monoisotopic (exact) mass is 477 g/mol. The lowest BCUT2D eigenvalue weighted by Crippen LogP contribution is -1.95. The highest BCUT2D eigenvalue weighted by molar-refractivity contribution is 7.03. The summed E-state index contributed by atoms with van der Waals surface area (Å²) in [7, 11) is 0. The van der Waals surface area contributed by atoms with Gasteiger partial charge in [0, 0.05) is 28.6 Å². The molecule has 0 radical (unpaired) electrons. The molecule has 35 heavy (non-hydrogen) atoms. The van der Waals surface area contributed by atoms with E-state index in [0.29, 0.717) is 0 Å². The van der Waals surface area contributed by atoms with Gasteiger partial charge in [0.1, 0.15) is 0 Å². The zero-order valence-electron chi connectivity index (χ0n) is 19.1. The normalized spacial score (nSPS) is 12.3. The number of carboxylic acids is 1. The molecule has 0 unspecified atom stereocenters. The molecule has 2 N–H and O–H groups in total. The second-order valence-corrected chi connectivity index (χ2v) is 8.82. The number of rotatable bonds is 7. The van der Waals surface area contributed by atoms with Crippen LogP contribution in [-0.2, 0) is 4.79 Å². The first kappa shape index (κ1) is 22.5. The number of aromatic nitrogens is 3. The number of hydrogen-bond acceptors (Lipinski definition) is 4. The Morgan fingerprint density at radius 3 is 2.37 bits per heavy atom. The van der Waals surface area contributed by atoms with Crippen LogP contribution in [0.15, 0.2) is 90.6 Å². The van der Waals surface area contributed by atoms with Gasteiger partial charge >= 0.3 is 5.97 Å². The Morgan fingerprint density at radius 1 is 0.943 bits per heavy atom. The second kappa shape index (κ2) is 9.91. The quantitative estimate of drug-likeness (QED) is 0.193. The van der Waals surface area contributed by atoms with Gasteiger partial charge in [-0.3, -0.25) is 5.10 Å². The first-order chi connectivity index (χ1) is 17.1. The maximum absolute atomic E-state index is 10.9. The molecule has 0 fully saturated rings. The molecule has 0 bridgehead atoms. The van der Waals surface area contributed by atoms with E-state index in [-0.39, 0.29) is 0 Å². The molecule has 2 aromatic heterocycles. The number of carboxylic acid groups (broad SMARTS) is 1.